The number of rotatable bonds is 2. The van der Waals surface area contributed by atoms with Crippen molar-refractivity contribution in [2.75, 3.05) is 7.11 Å². The van der Waals surface area contributed by atoms with E-state index in [-0.39, 0.29) is 5.88 Å². The number of ether oxygens (including phenoxy) is 1. The van der Waals surface area contributed by atoms with Gasteiger partial charge >= 0.3 is 6.18 Å². The van der Waals surface area contributed by atoms with Gasteiger partial charge in [-0.05, 0) is 13.0 Å². The van der Waals surface area contributed by atoms with Gasteiger partial charge in [-0.25, -0.2) is 4.98 Å². The van der Waals surface area contributed by atoms with Crippen molar-refractivity contribution in [2.45, 2.75) is 13.1 Å². The van der Waals surface area contributed by atoms with Gasteiger partial charge in [-0.15, -0.1) is 0 Å². The van der Waals surface area contributed by atoms with Crippen LogP contribution in [0.2, 0.25) is 0 Å². The Morgan fingerprint density at radius 1 is 1.47 bits per heavy atom. The molecule has 15 heavy (non-hydrogen) atoms. The lowest BCUT2D eigenvalue weighted by Crippen LogP contribution is -2.23. The van der Waals surface area contributed by atoms with Gasteiger partial charge < -0.3 is 4.74 Å². The van der Waals surface area contributed by atoms with Crippen LogP contribution in [0.15, 0.2) is 12.3 Å². The quantitative estimate of drug-likeness (QED) is 0.715. The number of aryl methyl sites for hydroxylation is 1. The second-order valence-corrected chi connectivity index (χ2v) is 2.88. The molecule has 1 aromatic heterocycles. The zero-order valence-corrected chi connectivity index (χ0v) is 8.05. The summed E-state index contributed by atoms with van der Waals surface area (Å²) in [5.74, 6) is -1.70. The Labute approximate surface area is 83.9 Å². The van der Waals surface area contributed by atoms with Crippen molar-refractivity contribution in [3.8, 4) is 5.88 Å². The molecule has 0 N–H and O–H groups in total. The van der Waals surface area contributed by atoms with E-state index >= 15 is 0 Å². The lowest BCUT2D eigenvalue weighted by atomic mass is 10.1. The summed E-state index contributed by atoms with van der Waals surface area (Å²) in [6.45, 7) is 1.51. The molecule has 1 aromatic rings. The van der Waals surface area contributed by atoms with Gasteiger partial charge in [-0.1, -0.05) is 0 Å². The summed E-state index contributed by atoms with van der Waals surface area (Å²) in [5.41, 5.74) is -0.103. The van der Waals surface area contributed by atoms with Crippen LogP contribution >= 0.6 is 0 Å². The average molecular weight is 219 g/mol. The van der Waals surface area contributed by atoms with E-state index in [1.807, 2.05) is 0 Å². The van der Waals surface area contributed by atoms with Crippen LogP contribution in [0.3, 0.4) is 0 Å². The predicted octanol–water partition coefficient (Wildman–Crippen LogP) is 2.14. The largest absolute Gasteiger partial charge is 0.481 e. The Bertz CT molecular complexity index is 387. The molecule has 0 aliphatic rings. The number of carbonyl (C=O) groups excluding carboxylic acids is 1. The molecular weight excluding hydrogens is 211 g/mol. The van der Waals surface area contributed by atoms with Crippen molar-refractivity contribution >= 4 is 5.78 Å². The van der Waals surface area contributed by atoms with Crippen molar-refractivity contribution in [3.05, 3.63) is 23.4 Å². The number of hydrogen-bond donors (Lipinski definition) is 0. The molecular formula is C9H8F3NO2. The summed E-state index contributed by atoms with van der Waals surface area (Å²) in [6, 6.07) is 1.10. The Kier molecular flexibility index (Phi) is 2.97. The summed E-state index contributed by atoms with van der Waals surface area (Å²) >= 11 is 0. The fraction of sp³-hybridized carbons (Fsp3) is 0.333. The standard InChI is InChI=1S/C9H8F3NO2/c1-5-3-6(4-13-8(5)15-2)7(14)9(10,11)12/h3-4H,1-2H3. The van der Waals surface area contributed by atoms with Crippen LogP contribution in [0.25, 0.3) is 0 Å². The van der Waals surface area contributed by atoms with E-state index < -0.39 is 17.5 Å². The van der Waals surface area contributed by atoms with Gasteiger partial charge in [0.15, 0.2) is 0 Å². The lowest BCUT2D eigenvalue weighted by Gasteiger charge is -2.07. The average Bonchev–Trinajstić information content (AvgIpc) is 2.15. The minimum Gasteiger partial charge on any atom is -0.481 e. The molecule has 0 fully saturated rings. The second-order valence-electron chi connectivity index (χ2n) is 2.88. The minimum atomic E-state index is -4.87. The lowest BCUT2D eigenvalue weighted by molar-refractivity contribution is -0.0885. The molecule has 0 saturated carbocycles. The van der Waals surface area contributed by atoms with Gasteiger partial charge in [0.2, 0.25) is 5.88 Å². The van der Waals surface area contributed by atoms with E-state index in [1.165, 1.54) is 14.0 Å². The predicted molar refractivity (Wildman–Crippen MR) is 45.9 cm³/mol. The summed E-state index contributed by atoms with van der Waals surface area (Å²) in [5, 5.41) is 0. The molecule has 0 aliphatic carbocycles. The molecule has 0 atom stereocenters. The van der Waals surface area contributed by atoms with Gasteiger partial charge in [-0.3, -0.25) is 4.79 Å². The van der Waals surface area contributed by atoms with Crippen LogP contribution in [0.4, 0.5) is 13.2 Å². The van der Waals surface area contributed by atoms with E-state index in [0.717, 1.165) is 12.3 Å². The molecule has 0 spiro atoms. The van der Waals surface area contributed by atoms with Crippen LogP contribution in [0, 0.1) is 6.92 Å². The van der Waals surface area contributed by atoms with Crippen LogP contribution in [-0.4, -0.2) is 24.1 Å². The molecule has 0 bridgehead atoms. The molecule has 0 radical (unpaired) electrons. The number of pyridine rings is 1. The summed E-state index contributed by atoms with van der Waals surface area (Å²) < 4.78 is 40.9. The highest BCUT2D eigenvalue weighted by Gasteiger charge is 2.39. The molecule has 0 saturated heterocycles. The number of nitrogens with zero attached hydrogens (tertiary/aromatic N) is 1. The van der Waals surface area contributed by atoms with Crippen LogP contribution < -0.4 is 4.74 Å². The van der Waals surface area contributed by atoms with Gasteiger partial charge in [0.1, 0.15) is 0 Å². The number of halogens is 3. The van der Waals surface area contributed by atoms with E-state index in [1.54, 1.807) is 0 Å². The molecule has 1 heterocycles. The maximum Gasteiger partial charge on any atom is 0.454 e. The first-order valence-electron chi connectivity index (χ1n) is 3.98. The molecule has 82 valence electrons. The smallest absolute Gasteiger partial charge is 0.454 e. The molecule has 0 unspecified atom stereocenters. The normalized spacial score (nSPS) is 11.3. The number of aromatic nitrogens is 1. The van der Waals surface area contributed by atoms with Gasteiger partial charge in [0, 0.05) is 17.3 Å². The van der Waals surface area contributed by atoms with Crippen molar-refractivity contribution in [1.82, 2.24) is 4.98 Å². The summed E-state index contributed by atoms with van der Waals surface area (Å²) in [4.78, 5) is 14.4. The fourth-order valence-corrected chi connectivity index (χ4v) is 1.06. The fourth-order valence-electron chi connectivity index (χ4n) is 1.06. The van der Waals surface area contributed by atoms with Crippen LogP contribution in [0.5, 0.6) is 5.88 Å². The topological polar surface area (TPSA) is 39.2 Å². The number of Topliss-reactive ketones (excluding diaryl/α,β-unsaturated/α-hetero) is 1. The van der Waals surface area contributed by atoms with Gasteiger partial charge in [-0.2, -0.15) is 13.2 Å². The third kappa shape index (κ3) is 2.45. The minimum absolute atomic E-state index is 0.203. The Hall–Kier alpha value is -1.59. The maximum absolute atomic E-state index is 12.0. The van der Waals surface area contributed by atoms with E-state index in [2.05, 4.69) is 4.98 Å². The number of methoxy groups -OCH3 is 1. The first-order valence-corrected chi connectivity index (χ1v) is 3.98. The summed E-state index contributed by atoms with van der Waals surface area (Å²) in [7, 11) is 1.35. The Balaban J connectivity index is 3.08. The highest BCUT2D eigenvalue weighted by Crippen LogP contribution is 2.23. The van der Waals surface area contributed by atoms with Crippen molar-refractivity contribution < 1.29 is 22.7 Å². The highest BCUT2D eigenvalue weighted by molar-refractivity contribution is 6.00. The molecule has 6 heteroatoms. The maximum atomic E-state index is 12.0. The number of carbonyl (C=O) groups is 1. The van der Waals surface area contributed by atoms with Gasteiger partial charge in [0.05, 0.1) is 7.11 Å². The van der Waals surface area contributed by atoms with E-state index in [9.17, 15) is 18.0 Å². The first kappa shape index (κ1) is 11.5. The third-order valence-electron chi connectivity index (χ3n) is 1.74. The number of hydrogen-bond acceptors (Lipinski definition) is 3. The van der Waals surface area contributed by atoms with Crippen molar-refractivity contribution in [2.24, 2.45) is 0 Å². The molecule has 0 amide bonds. The molecule has 0 aromatic carbocycles. The Morgan fingerprint density at radius 3 is 2.47 bits per heavy atom. The van der Waals surface area contributed by atoms with Gasteiger partial charge in [0.25, 0.3) is 5.78 Å². The van der Waals surface area contributed by atoms with Crippen LogP contribution in [0.1, 0.15) is 15.9 Å². The third-order valence-corrected chi connectivity index (χ3v) is 1.74. The molecule has 0 aliphatic heterocycles. The molecule has 3 nitrogen and oxygen atoms in total. The van der Waals surface area contributed by atoms with Crippen LogP contribution in [-0.2, 0) is 0 Å². The Morgan fingerprint density at radius 2 is 2.07 bits per heavy atom. The second kappa shape index (κ2) is 3.88. The SMILES string of the molecule is COc1ncc(C(=O)C(F)(F)F)cc1C. The zero-order chi connectivity index (χ0) is 11.6. The number of alkyl halides is 3. The van der Waals surface area contributed by atoms with Crippen molar-refractivity contribution in [3.63, 3.8) is 0 Å². The number of ketones is 1. The highest BCUT2D eigenvalue weighted by atomic mass is 19.4. The zero-order valence-electron chi connectivity index (χ0n) is 8.05. The monoisotopic (exact) mass is 219 g/mol. The van der Waals surface area contributed by atoms with E-state index in [0.29, 0.717) is 5.56 Å². The summed E-state index contributed by atoms with van der Waals surface area (Å²) in [6.07, 6.45) is -4.02. The first-order chi connectivity index (χ1) is 6.86. The van der Waals surface area contributed by atoms with E-state index in [4.69, 9.17) is 4.74 Å². The molecule has 1 rings (SSSR count). The van der Waals surface area contributed by atoms with Crippen molar-refractivity contribution in [1.29, 1.82) is 0 Å².